The predicted molar refractivity (Wildman–Crippen MR) is 138 cm³/mol. The Bertz CT molecular complexity index is 1130. The van der Waals surface area contributed by atoms with Crippen LogP contribution in [0.1, 0.15) is 37.9 Å². The van der Waals surface area contributed by atoms with E-state index >= 15 is 0 Å². The Morgan fingerprint density at radius 2 is 1.65 bits per heavy atom. The molecule has 4 N–H and O–H groups in total. The zero-order chi connectivity index (χ0) is 23.9. The van der Waals surface area contributed by atoms with Crippen molar-refractivity contribution in [1.29, 1.82) is 0 Å². The summed E-state index contributed by atoms with van der Waals surface area (Å²) in [5.41, 5.74) is 1.98. The molecule has 0 bridgehead atoms. The lowest BCUT2D eigenvalue weighted by Gasteiger charge is -2.23. The fourth-order valence-corrected chi connectivity index (χ4v) is 4.18. The highest BCUT2D eigenvalue weighted by molar-refractivity contribution is 6.31. The van der Waals surface area contributed by atoms with E-state index in [0.29, 0.717) is 34.0 Å². The van der Waals surface area contributed by atoms with Crippen molar-refractivity contribution in [3.05, 3.63) is 59.4 Å². The number of hydrogen-bond acceptors (Lipinski definition) is 6. The van der Waals surface area contributed by atoms with Crippen LogP contribution in [-0.4, -0.2) is 29.2 Å². The Balaban J connectivity index is 1.36. The number of aryl methyl sites for hydroxylation is 1. The van der Waals surface area contributed by atoms with Gasteiger partial charge in [0, 0.05) is 28.5 Å². The number of benzene rings is 2. The van der Waals surface area contributed by atoms with Crippen LogP contribution in [0.15, 0.2) is 48.5 Å². The first-order valence-corrected chi connectivity index (χ1v) is 11.8. The summed E-state index contributed by atoms with van der Waals surface area (Å²) in [6, 6.07) is 14.4. The van der Waals surface area contributed by atoms with Gasteiger partial charge in [-0.2, -0.15) is 0 Å². The van der Waals surface area contributed by atoms with E-state index in [4.69, 9.17) is 16.3 Å². The normalized spacial score (nSPS) is 13.7. The lowest BCUT2D eigenvalue weighted by atomic mass is 9.95. The molecule has 0 unspecified atom stereocenters. The van der Waals surface area contributed by atoms with Gasteiger partial charge in [-0.1, -0.05) is 30.9 Å². The predicted octanol–water partition coefficient (Wildman–Crippen LogP) is 6.58. The highest BCUT2D eigenvalue weighted by Crippen LogP contribution is 2.28. The summed E-state index contributed by atoms with van der Waals surface area (Å²) >= 11 is 6.02. The zero-order valence-electron chi connectivity index (χ0n) is 19.3. The Kier molecular flexibility index (Phi) is 7.69. The molecule has 2 amide bonds. The largest absolute Gasteiger partial charge is 0.495 e. The third-order valence-corrected chi connectivity index (χ3v) is 5.86. The second-order valence-corrected chi connectivity index (χ2v) is 8.73. The number of carbonyl (C=O) groups excluding carboxylic acids is 1. The molecule has 0 atom stereocenters. The molecule has 3 aromatic rings. The third kappa shape index (κ3) is 6.51. The van der Waals surface area contributed by atoms with Crippen LogP contribution in [0.5, 0.6) is 5.75 Å². The van der Waals surface area contributed by atoms with Crippen LogP contribution < -0.4 is 26.0 Å². The van der Waals surface area contributed by atoms with Crippen molar-refractivity contribution < 1.29 is 9.53 Å². The van der Waals surface area contributed by atoms with E-state index in [9.17, 15) is 4.79 Å². The molecule has 1 aliphatic rings. The molecule has 0 saturated heterocycles. The van der Waals surface area contributed by atoms with Crippen molar-refractivity contribution in [2.75, 3.05) is 28.4 Å². The number of carbonyl (C=O) groups is 1. The first-order valence-electron chi connectivity index (χ1n) is 11.4. The summed E-state index contributed by atoms with van der Waals surface area (Å²) in [5.74, 6) is 2.79. The molecule has 1 aliphatic carbocycles. The van der Waals surface area contributed by atoms with Crippen molar-refractivity contribution in [3.63, 3.8) is 0 Å². The summed E-state index contributed by atoms with van der Waals surface area (Å²) in [7, 11) is 1.53. The Morgan fingerprint density at radius 1 is 0.941 bits per heavy atom. The van der Waals surface area contributed by atoms with Crippen LogP contribution in [0.3, 0.4) is 0 Å². The maximum atomic E-state index is 12.4. The SMILES string of the molecule is COc1ccc(Cl)cc1NC(=O)Nc1ccc(Nc2cc(NC3CCCCC3)nc(C)n2)cc1. The van der Waals surface area contributed by atoms with Gasteiger partial charge in [-0.3, -0.25) is 0 Å². The van der Waals surface area contributed by atoms with Crippen LogP contribution in [0, 0.1) is 6.92 Å². The molecule has 34 heavy (non-hydrogen) atoms. The molecule has 1 heterocycles. The average molecular weight is 481 g/mol. The van der Waals surface area contributed by atoms with Crippen LogP contribution in [0.4, 0.5) is 33.5 Å². The first-order chi connectivity index (χ1) is 16.5. The third-order valence-electron chi connectivity index (χ3n) is 5.62. The molecule has 0 spiro atoms. The number of urea groups is 1. The molecule has 2 aromatic carbocycles. The Hall–Kier alpha value is -3.52. The Labute approximate surface area is 204 Å². The van der Waals surface area contributed by atoms with Gasteiger partial charge in [-0.15, -0.1) is 0 Å². The van der Waals surface area contributed by atoms with E-state index in [0.717, 1.165) is 17.3 Å². The minimum Gasteiger partial charge on any atom is -0.495 e. The van der Waals surface area contributed by atoms with Crippen molar-refractivity contribution in [1.82, 2.24) is 9.97 Å². The number of halogens is 1. The minimum absolute atomic E-state index is 0.397. The molecule has 4 rings (SSSR count). The topological polar surface area (TPSA) is 100 Å². The van der Waals surface area contributed by atoms with Crippen molar-refractivity contribution in [2.24, 2.45) is 0 Å². The number of nitrogens with one attached hydrogen (secondary N) is 4. The van der Waals surface area contributed by atoms with Crippen LogP contribution in [0.2, 0.25) is 5.02 Å². The number of rotatable bonds is 7. The zero-order valence-corrected chi connectivity index (χ0v) is 20.1. The van der Waals surface area contributed by atoms with Gasteiger partial charge in [0.25, 0.3) is 0 Å². The standard InChI is InChI=1S/C25H29ClN6O2/c1-16-27-23(29-18-6-4-3-5-7-18)15-24(28-16)30-19-9-11-20(12-10-19)31-25(33)32-21-14-17(26)8-13-22(21)34-2/h8-15,18H,3-7H2,1-2H3,(H2,31,32,33)(H2,27,28,29,30). The number of amides is 2. The van der Waals surface area contributed by atoms with E-state index in [1.54, 1.807) is 18.2 Å². The molecule has 0 radical (unpaired) electrons. The second-order valence-electron chi connectivity index (χ2n) is 8.29. The molecular weight excluding hydrogens is 452 g/mol. The fourth-order valence-electron chi connectivity index (χ4n) is 4.01. The summed E-state index contributed by atoms with van der Waals surface area (Å²) in [6.45, 7) is 1.89. The molecule has 1 fully saturated rings. The maximum absolute atomic E-state index is 12.4. The molecule has 178 valence electrons. The molecule has 0 aliphatic heterocycles. The highest BCUT2D eigenvalue weighted by atomic mass is 35.5. The summed E-state index contributed by atoms with van der Waals surface area (Å²) in [5, 5.41) is 12.9. The number of hydrogen-bond donors (Lipinski definition) is 4. The lowest BCUT2D eigenvalue weighted by Crippen LogP contribution is -2.23. The highest BCUT2D eigenvalue weighted by Gasteiger charge is 2.14. The van der Waals surface area contributed by atoms with Gasteiger partial charge in [0.2, 0.25) is 0 Å². The van der Waals surface area contributed by atoms with E-state index in [2.05, 4.69) is 31.2 Å². The molecule has 9 heteroatoms. The van der Waals surface area contributed by atoms with Crippen molar-refractivity contribution in [3.8, 4) is 5.75 Å². The van der Waals surface area contributed by atoms with Crippen LogP contribution >= 0.6 is 11.6 Å². The summed E-state index contributed by atoms with van der Waals surface area (Å²) in [4.78, 5) is 21.4. The minimum atomic E-state index is -0.397. The van der Waals surface area contributed by atoms with E-state index in [-0.39, 0.29) is 0 Å². The number of nitrogens with zero attached hydrogens (tertiary/aromatic N) is 2. The van der Waals surface area contributed by atoms with Gasteiger partial charge in [-0.25, -0.2) is 14.8 Å². The average Bonchev–Trinajstić information content (AvgIpc) is 2.81. The smallest absolute Gasteiger partial charge is 0.323 e. The van der Waals surface area contributed by atoms with Gasteiger partial charge in [0.05, 0.1) is 12.8 Å². The molecular formula is C25H29ClN6O2. The molecule has 1 saturated carbocycles. The monoisotopic (exact) mass is 480 g/mol. The van der Waals surface area contributed by atoms with Gasteiger partial charge >= 0.3 is 6.03 Å². The van der Waals surface area contributed by atoms with Gasteiger partial charge < -0.3 is 26.0 Å². The number of ether oxygens (including phenoxy) is 1. The number of methoxy groups -OCH3 is 1. The van der Waals surface area contributed by atoms with Crippen molar-refractivity contribution in [2.45, 2.75) is 45.1 Å². The quantitative estimate of drug-likeness (QED) is 0.305. The van der Waals surface area contributed by atoms with Crippen LogP contribution in [-0.2, 0) is 0 Å². The number of aromatic nitrogens is 2. The fraction of sp³-hybridized carbons (Fsp3) is 0.320. The summed E-state index contributed by atoms with van der Waals surface area (Å²) in [6.07, 6.45) is 6.20. The molecule has 1 aromatic heterocycles. The van der Waals surface area contributed by atoms with Crippen molar-refractivity contribution >= 4 is 46.3 Å². The maximum Gasteiger partial charge on any atom is 0.323 e. The lowest BCUT2D eigenvalue weighted by molar-refractivity contribution is 0.262. The second kappa shape index (κ2) is 11.1. The Morgan fingerprint density at radius 3 is 2.38 bits per heavy atom. The molecule has 8 nitrogen and oxygen atoms in total. The first kappa shape index (κ1) is 23.6. The van der Waals surface area contributed by atoms with Gasteiger partial charge in [-0.05, 0) is 62.2 Å². The van der Waals surface area contributed by atoms with E-state index < -0.39 is 6.03 Å². The summed E-state index contributed by atoms with van der Waals surface area (Å²) < 4.78 is 5.26. The number of anilines is 5. The van der Waals surface area contributed by atoms with Gasteiger partial charge in [0.1, 0.15) is 23.2 Å². The van der Waals surface area contributed by atoms with Crippen LogP contribution in [0.25, 0.3) is 0 Å². The van der Waals surface area contributed by atoms with E-state index in [1.165, 1.54) is 39.2 Å². The van der Waals surface area contributed by atoms with Gasteiger partial charge in [0.15, 0.2) is 0 Å². The van der Waals surface area contributed by atoms with E-state index in [1.807, 2.05) is 37.3 Å².